The third-order valence-electron chi connectivity index (χ3n) is 4.17. The summed E-state index contributed by atoms with van der Waals surface area (Å²) in [5.74, 6) is 1.84. The summed E-state index contributed by atoms with van der Waals surface area (Å²) < 4.78 is 0. The van der Waals surface area contributed by atoms with Crippen molar-refractivity contribution in [2.45, 2.75) is 34.2 Å². The minimum Gasteiger partial charge on any atom is -0.364 e. The molecule has 27 heavy (non-hydrogen) atoms. The van der Waals surface area contributed by atoms with Gasteiger partial charge in [0.15, 0.2) is 11.6 Å². The maximum atomic E-state index is 4.79. The predicted octanol–water partition coefficient (Wildman–Crippen LogP) is 5.73. The minimum atomic E-state index is 0.364. The second-order valence-electron chi connectivity index (χ2n) is 7.06. The van der Waals surface area contributed by atoms with E-state index in [4.69, 9.17) is 9.97 Å². The number of benzene rings is 2. The van der Waals surface area contributed by atoms with Gasteiger partial charge < -0.3 is 5.32 Å². The molecule has 0 unspecified atom stereocenters. The van der Waals surface area contributed by atoms with Crippen LogP contribution in [0.1, 0.15) is 30.7 Å². The first-order chi connectivity index (χ1) is 13.0. The van der Waals surface area contributed by atoms with Gasteiger partial charge in [-0.3, -0.25) is 4.99 Å². The maximum Gasteiger partial charge on any atom is 0.161 e. The molecule has 0 aliphatic carbocycles. The molecule has 1 N–H and O–H groups in total. The van der Waals surface area contributed by atoms with Crippen LogP contribution in [0.5, 0.6) is 0 Å². The number of aliphatic imine (C=N–C) groups is 1. The van der Waals surface area contributed by atoms with Gasteiger partial charge in [0.2, 0.25) is 0 Å². The molecule has 0 aliphatic heterocycles. The van der Waals surface area contributed by atoms with Crippen molar-refractivity contribution in [2.75, 3.05) is 5.32 Å². The Morgan fingerprint density at radius 2 is 1.67 bits per heavy atom. The highest BCUT2D eigenvalue weighted by Crippen LogP contribution is 2.29. The van der Waals surface area contributed by atoms with Gasteiger partial charge in [0.05, 0.1) is 5.69 Å². The molecule has 1 aromatic heterocycles. The highest BCUT2D eigenvalue weighted by molar-refractivity contribution is 5.74. The first kappa shape index (κ1) is 18.8. The third-order valence-corrected chi connectivity index (χ3v) is 4.17. The third kappa shape index (κ3) is 5.00. The first-order valence-corrected chi connectivity index (χ1v) is 9.30. The van der Waals surface area contributed by atoms with Crippen molar-refractivity contribution in [3.63, 3.8) is 0 Å². The summed E-state index contributed by atoms with van der Waals surface area (Å²) in [5.41, 5.74) is 5.09. The van der Waals surface area contributed by atoms with E-state index in [1.165, 1.54) is 11.1 Å². The number of hydrogen-bond donors (Lipinski definition) is 1. The average Bonchev–Trinajstić information content (AvgIpc) is 2.66. The van der Waals surface area contributed by atoms with Gasteiger partial charge in [-0.05, 0) is 25.3 Å². The molecule has 0 fully saturated rings. The monoisotopic (exact) mass is 358 g/mol. The van der Waals surface area contributed by atoms with Crippen molar-refractivity contribution in [3.05, 3.63) is 71.4 Å². The van der Waals surface area contributed by atoms with Crippen LogP contribution in [-0.2, 0) is 6.54 Å². The molecule has 0 aliphatic rings. The largest absolute Gasteiger partial charge is 0.364 e. The van der Waals surface area contributed by atoms with E-state index in [2.05, 4.69) is 67.5 Å². The van der Waals surface area contributed by atoms with Crippen molar-refractivity contribution in [3.8, 4) is 11.4 Å². The second kappa shape index (κ2) is 8.58. The van der Waals surface area contributed by atoms with E-state index in [1.807, 2.05) is 31.3 Å². The van der Waals surface area contributed by atoms with Crippen LogP contribution < -0.4 is 5.32 Å². The van der Waals surface area contributed by atoms with Gasteiger partial charge in [-0.15, -0.1) is 0 Å². The Hall–Kier alpha value is -3.01. The normalized spacial score (nSPS) is 11.3. The second-order valence-corrected chi connectivity index (χ2v) is 7.06. The molecule has 2 aromatic carbocycles. The topological polar surface area (TPSA) is 50.2 Å². The summed E-state index contributed by atoms with van der Waals surface area (Å²) in [7, 11) is 0. The molecule has 0 spiro atoms. The Balaban J connectivity index is 1.98. The van der Waals surface area contributed by atoms with E-state index in [0.717, 1.165) is 22.8 Å². The predicted molar refractivity (Wildman–Crippen MR) is 114 cm³/mol. The Morgan fingerprint density at radius 3 is 2.33 bits per heavy atom. The van der Waals surface area contributed by atoms with Crippen molar-refractivity contribution in [1.82, 2.24) is 9.97 Å². The molecular formula is C23H26N4. The lowest BCUT2D eigenvalue weighted by Crippen LogP contribution is -2.05. The van der Waals surface area contributed by atoms with E-state index >= 15 is 0 Å². The van der Waals surface area contributed by atoms with E-state index < -0.39 is 0 Å². The summed E-state index contributed by atoms with van der Waals surface area (Å²) in [5, 5.41) is 3.45. The van der Waals surface area contributed by atoms with E-state index in [-0.39, 0.29) is 0 Å². The zero-order chi connectivity index (χ0) is 19.2. The summed E-state index contributed by atoms with van der Waals surface area (Å²) in [4.78, 5) is 14.1. The van der Waals surface area contributed by atoms with Gasteiger partial charge in [0.1, 0.15) is 5.69 Å². The SMILES string of the molecule is Cc1ccc(-c2nc(C)c(/N=C\C(C)C)c(NCc3ccccc3)n2)cc1. The van der Waals surface area contributed by atoms with Gasteiger partial charge in [-0.25, -0.2) is 9.97 Å². The van der Waals surface area contributed by atoms with Gasteiger partial charge >= 0.3 is 0 Å². The number of nitrogens with zero attached hydrogens (tertiary/aromatic N) is 3. The highest BCUT2D eigenvalue weighted by Gasteiger charge is 2.12. The smallest absolute Gasteiger partial charge is 0.161 e. The molecule has 0 radical (unpaired) electrons. The molecule has 4 heteroatoms. The molecule has 0 bridgehead atoms. The summed E-state index contributed by atoms with van der Waals surface area (Å²) in [6.45, 7) is 8.97. The number of hydrogen-bond acceptors (Lipinski definition) is 4. The quantitative estimate of drug-likeness (QED) is 0.572. The standard InChI is InChI=1S/C23H26N4/c1-16(2)14-24-21-18(4)26-22(20-12-10-17(3)11-13-20)27-23(21)25-15-19-8-6-5-7-9-19/h5-14,16H,15H2,1-4H3,(H,25,26,27)/b24-14-. The molecule has 138 valence electrons. The molecule has 3 rings (SSSR count). The lowest BCUT2D eigenvalue weighted by Gasteiger charge is -2.13. The summed E-state index contributed by atoms with van der Waals surface area (Å²) in [6.07, 6.45) is 1.94. The molecule has 3 aromatic rings. The van der Waals surface area contributed by atoms with Crippen molar-refractivity contribution in [1.29, 1.82) is 0 Å². The summed E-state index contributed by atoms with van der Waals surface area (Å²) >= 11 is 0. The first-order valence-electron chi connectivity index (χ1n) is 9.30. The number of nitrogens with one attached hydrogen (secondary N) is 1. The van der Waals surface area contributed by atoms with Crippen LogP contribution in [0.2, 0.25) is 0 Å². The van der Waals surface area contributed by atoms with Gasteiger partial charge in [-0.2, -0.15) is 0 Å². The van der Waals surface area contributed by atoms with Crippen LogP contribution in [0.25, 0.3) is 11.4 Å². The Kier molecular flexibility index (Phi) is 5.97. The Labute approximate surface area is 161 Å². The lowest BCUT2D eigenvalue weighted by atomic mass is 10.1. The molecule has 0 saturated heterocycles. The fourth-order valence-electron chi connectivity index (χ4n) is 2.68. The van der Waals surface area contributed by atoms with Crippen LogP contribution in [-0.4, -0.2) is 16.2 Å². The van der Waals surface area contributed by atoms with E-state index in [0.29, 0.717) is 18.3 Å². The van der Waals surface area contributed by atoms with Crippen molar-refractivity contribution in [2.24, 2.45) is 10.9 Å². The number of aromatic nitrogens is 2. The van der Waals surface area contributed by atoms with E-state index in [9.17, 15) is 0 Å². The molecular weight excluding hydrogens is 332 g/mol. The number of aryl methyl sites for hydroxylation is 2. The molecule has 4 nitrogen and oxygen atoms in total. The Morgan fingerprint density at radius 1 is 0.963 bits per heavy atom. The van der Waals surface area contributed by atoms with Gasteiger partial charge in [0, 0.05) is 18.3 Å². The summed E-state index contributed by atoms with van der Waals surface area (Å²) in [6, 6.07) is 18.6. The van der Waals surface area contributed by atoms with Crippen LogP contribution in [0.15, 0.2) is 59.6 Å². The fraction of sp³-hybridized carbons (Fsp3) is 0.261. The number of rotatable bonds is 6. The highest BCUT2D eigenvalue weighted by atomic mass is 15.1. The lowest BCUT2D eigenvalue weighted by molar-refractivity contribution is 0.906. The van der Waals surface area contributed by atoms with Crippen LogP contribution in [0, 0.1) is 19.8 Å². The van der Waals surface area contributed by atoms with Crippen molar-refractivity contribution < 1.29 is 0 Å². The van der Waals surface area contributed by atoms with Crippen LogP contribution in [0.4, 0.5) is 11.5 Å². The van der Waals surface area contributed by atoms with Crippen LogP contribution in [0.3, 0.4) is 0 Å². The number of anilines is 1. The van der Waals surface area contributed by atoms with Crippen LogP contribution >= 0.6 is 0 Å². The average molecular weight is 358 g/mol. The zero-order valence-corrected chi connectivity index (χ0v) is 16.4. The molecule has 1 heterocycles. The van der Waals surface area contributed by atoms with E-state index in [1.54, 1.807) is 0 Å². The van der Waals surface area contributed by atoms with Crippen molar-refractivity contribution >= 4 is 17.7 Å². The maximum absolute atomic E-state index is 4.79. The van der Waals surface area contributed by atoms with Gasteiger partial charge in [0.25, 0.3) is 0 Å². The molecule has 0 amide bonds. The van der Waals surface area contributed by atoms with Gasteiger partial charge in [-0.1, -0.05) is 74.0 Å². The Bertz CT molecular complexity index is 913. The fourth-order valence-corrected chi connectivity index (χ4v) is 2.68. The zero-order valence-electron chi connectivity index (χ0n) is 16.4. The minimum absolute atomic E-state index is 0.364. The molecule has 0 atom stereocenters. The molecule has 0 saturated carbocycles.